The number of carbonyl (C=O) groups is 2. The number of alkyl halides is 3. The van der Waals surface area contributed by atoms with Crippen molar-refractivity contribution in [3.8, 4) is 6.07 Å². The monoisotopic (exact) mass is 483 g/mol. The molecule has 5 nitrogen and oxygen atoms in total. The second-order valence-corrected chi connectivity index (χ2v) is 8.36. The molecule has 1 unspecified atom stereocenters. The summed E-state index contributed by atoms with van der Waals surface area (Å²) < 4.78 is 39.0. The summed E-state index contributed by atoms with van der Waals surface area (Å²) in [6, 6.07) is 19.3. The predicted octanol–water partition coefficient (Wildman–Crippen LogP) is 5.80. The summed E-state index contributed by atoms with van der Waals surface area (Å²) in [5, 5.41) is 14.4. The van der Waals surface area contributed by atoms with E-state index < -0.39 is 23.7 Å². The molecule has 0 aromatic heterocycles. The Kier molecular flexibility index (Phi) is 7.97. The van der Waals surface area contributed by atoms with E-state index >= 15 is 0 Å². The molecule has 0 aliphatic heterocycles. The lowest BCUT2D eigenvalue weighted by molar-refractivity contribution is -0.137. The number of thioether (sulfide) groups is 1. The third-order valence-corrected chi connectivity index (χ3v) is 5.90. The molecule has 0 radical (unpaired) electrons. The first-order chi connectivity index (χ1) is 16.2. The maximum absolute atomic E-state index is 13.0. The van der Waals surface area contributed by atoms with Gasteiger partial charge in [-0.15, -0.1) is 11.8 Å². The lowest BCUT2D eigenvalue weighted by atomic mass is 10.0. The number of amides is 2. The quantitative estimate of drug-likeness (QED) is 0.416. The smallest absolute Gasteiger partial charge is 0.345 e. The number of rotatable bonds is 7. The molecule has 0 heterocycles. The number of halogens is 3. The van der Waals surface area contributed by atoms with E-state index in [0.29, 0.717) is 27.3 Å². The summed E-state index contributed by atoms with van der Waals surface area (Å²) >= 11 is 1.15. The molecule has 2 N–H and O–H groups in total. The Morgan fingerprint density at radius 2 is 1.76 bits per heavy atom. The van der Waals surface area contributed by atoms with Crippen LogP contribution in [0.15, 0.2) is 77.7 Å². The van der Waals surface area contributed by atoms with Crippen molar-refractivity contribution in [2.75, 3.05) is 11.1 Å². The molecular weight excluding hydrogens is 463 g/mol. The summed E-state index contributed by atoms with van der Waals surface area (Å²) in [5.41, 5.74) is 0.763. The molecule has 0 saturated heterocycles. The maximum Gasteiger partial charge on any atom is 0.416 e. The van der Waals surface area contributed by atoms with E-state index in [9.17, 15) is 22.8 Å². The summed E-state index contributed by atoms with van der Waals surface area (Å²) in [6.07, 6.45) is -4.47. The molecule has 1 atom stereocenters. The molecule has 0 saturated carbocycles. The van der Waals surface area contributed by atoms with Crippen molar-refractivity contribution in [2.45, 2.75) is 24.0 Å². The Hall–Kier alpha value is -3.77. The molecule has 0 fully saturated rings. The van der Waals surface area contributed by atoms with Crippen molar-refractivity contribution in [1.29, 1.82) is 5.26 Å². The van der Waals surface area contributed by atoms with Crippen LogP contribution in [0.4, 0.5) is 18.9 Å². The number of hydrogen-bond acceptors (Lipinski definition) is 4. The molecule has 2 amide bonds. The summed E-state index contributed by atoms with van der Waals surface area (Å²) in [7, 11) is 0. The number of nitrogens with one attached hydrogen (secondary N) is 2. The number of anilines is 1. The van der Waals surface area contributed by atoms with Crippen molar-refractivity contribution in [1.82, 2.24) is 5.32 Å². The van der Waals surface area contributed by atoms with Gasteiger partial charge in [0, 0.05) is 10.6 Å². The molecule has 174 valence electrons. The average molecular weight is 484 g/mol. The normalized spacial score (nSPS) is 11.9. The van der Waals surface area contributed by atoms with Gasteiger partial charge in [0.05, 0.1) is 34.6 Å². The van der Waals surface area contributed by atoms with Crippen LogP contribution in [0.2, 0.25) is 0 Å². The zero-order valence-corrected chi connectivity index (χ0v) is 18.8. The van der Waals surface area contributed by atoms with E-state index in [1.165, 1.54) is 12.1 Å². The highest BCUT2D eigenvalue weighted by atomic mass is 32.2. The van der Waals surface area contributed by atoms with Crippen LogP contribution < -0.4 is 10.6 Å². The lowest BCUT2D eigenvalue weighted by Crippen LogP contribution is -2.27. The first-order valence-corrected chi connectivity index (χ1v) is 11.2. The summed E-state index contributed by atoms with van der Waals surface area (Å²) in [6.45, 7) is 1.60. The standard InChI is InChI=1S/C25H20F3N3O2S/c1-16(18-7-5-8-19(13-18)25(26,27)28)30-24(33)21-10-2-3-11-22(21)34-15-23(32)31-20-9-4-6-17(12-20)14-29/h2-13,16H,15H2,1H3,(H,30,33)(H,31,32). The second-order valence-electron chi connectivity index (χ2n) is 7.34. The lowest BCUT2D eigenvalue weighted by Gasteiger charge is -2.17. The van der Waals surface area contributed by atoms with Crippen molar-refractivity contribution < 1.29 is 22.8 Å². The van der Waals surface area contributed by atoms with E-state index in [2.05, 4.69) is 10.6 Å². The van der Waals surface area contributed by atoms with Crippen molar-refractivity contribution >= 4 is 29.3 Å². The van der Waals surface area contributed by atoms with Gasteiger partial charge in [-0.2, -0.15) is 18.4 Å². The Morgan fingerprint density at radius 3 is 2.50 bits per heavy atom. The maximum atomic E-state index is 13.0. The zero-order valence-electron chi connectivity index (χ0n) is 18.0. The van der Waals surface area contributed by atoms with E-state index in [-0.39, 0.29) is 11.7 Å². The number of nitriles is 1. The highest BCUT2D eigenvalue weighted by molar-refractivity contribution is 8.00. The van der Waals surface area contributed by atoms with E-state index in [0.717, 1.165) is 23.9 Å². The Morgan fingerprint density at radius 1 is 1.03 bits per heavy atom. The largest absolute Gasteiger partial charge is 0.416 e. The first kappa shape index (κ1) is 24.9. The molecule has 3 aromatic rings. The molecule has 0 spiro atoms. The highest BCUT2D eigenvalue weighted by Crippen LogP contribution is 2.31. The van der Waals surface area contributed by atoms with E-state index in [4.69, 9.17) is 5.26 Å². The van der Waals surface area contributed by atoms with Crippen molar-refractivity contribution in [2.24, 2.45) is 0 Å². The zero-order chi connectivity index (χ0) is 24.7. The highest BCUT2D eigenvalue weighted by Gasteiger charge is 2.30. The number of benzene rings is 3. The molecule has 9 heteroatoms. The van der Waals surface area contributed by atoms with Crippen LogP contribution in [-0.2, 0) is 11.0 Å². The number of nitrogens with zero attached hydrogens (tertiary/aromatic N) is 1. The second kappa shape index (κ2) is 10.9. The molecule has 3 rings (SSSR count). The van der Waals surface area contributed by atoms with Gasteiger partial charge >= 0.3 is 6.18 Å². The third-order valence-electron chi connectivity index (χ3n) is 4.83. The van der Waals surface area contributed by atoms with Gasteiger partial charge in [-0.3, -0.25) is 9.59 Å². The van der Waals surface area contributed by atoms with E-state index in [1.807, 2.05) is 6.07 Å². The Labute approximate surface area is 199 Å². The van der Waals surface area contributed by atoms with Crippen LogP contribution in [0, 0.1) is 11.3 Å². The van der Waals surface area contributed by atoms with Gasteiger partial charge in [-0.05, 0) is 55.0 Å². The fourth-order valence-electron chi connectivity index (χ4n) is 3.13. The first-order valence-electron chi connectivity index (χ1n) is 10.2. The van der Waals surface area contributed by atoms with Gasteiger partial charge in [0.15, 0.2) is 0 Å². The molecule has 34 heavy (non-hydrogen) atoms. The van der Waals surface area contributed by atoms with Gasteiger partial charge in [-0.1, -0.05) is 30.3 Å². The summed E-state index contributed by atoms with van der Waals surface area (Å²) in [4.78, 5) is 25.7. The van der Waals surface area contributed by atoms with Gasteiger partial charge in [0.2, 0.25) is 5.91 Å². The average Bonchev–Trinajstić information content (AvgIpc) is 2.82. The Bertz CT molecular complexity index is 1240. The minimum Gasteiger partial charge on any atom is -0.345 e. The predicted molar refractivity (Wildman–Crippen MR) is 124 cm³/mol. The minimum absolute atomic E-state index is 0.0181. The van der Waals surface area contributed by atoms with Gasteiger partial charge in [0.25, 0.3) is 5.91 Å². The van der Waals surface area contributed by atoms with Gasteiger partial charge in [0.1, 0.15) is 0 Å². The van der Waals surface area contributed by atoms with Gasteiger partial charge in [-0.25, -0.2) is 0 Å². The molecule has 0 bridgehead atoms. The van der Waals surface area contributed by atoms with Gasteiger partial charge < -0.3 is 10.6 Å². The third kappa shape index (κ3) is 6.62. The number of hydrogen-bond donors (Lipinski definition) is 2. The fraction of sp³-hybridized carbons (Fsp3) is 0.160. The van der Waals surface area contributed by atoms with Crippen LogP contribution in [-0.4, -0.2) is 17.6 Å². The van der Waals surface area contributed by atoms with Crippen LogP contribution in [0.3, 0.4) is 0 Å². The fourth-order valence-corrected chi connectivity index (χ4v) is 3.98. The van der Waals surface area contributed by atoms with E-state index in [1.54, 1.807) is 55.5 Å². The van der Waals surface area contributed by atoms with Crippen LogP contribution in [0.25, 0.3) is 0 Å². The number of carbonyl (C=O) groups excluding carboxylic acids is 2. The molecule has 3 aromatic carbocycles. The SMILES string of the molecule is CC(NC(=O)c1ccccc1SCC(=O)Nc1cccc(C#N)c1)c1cccc(C(F)(F)F)c1. The molecule has 0 aliphatic carbocycles. The molecule has 0 aliphatic rings. The van der Waals surface area contributed by atoms with Crippen LogP contribution >= 0.6 is 11.8 Å². The Balaban J connectivity index is 1.65. The van der Waals surface area contributed by atoms with Crippen molar-refractivity contribution in [3.05, 3.63) is 95.1 Å². The van der Waals surface area contributed by atoms with Crippen LogP contribution in [0.5, 0.6) is 0 Å². The topological polar surface area (TPSA) is 82.0 Å². The van der Waals surface area contributed by atoms with Crippen LogP contribution in [0.1, 0.15) is 40.0 Å². The van der Waals surface area contributed by atoms with Crippen molar-refractivity contribution in [3.63, 3.8) is 0 Å². The molecular formula is C25H20F3N3O2S. The minimum atomic E-state index is -4.47. The summed E-state index contributed by atoms with van der Waals surface area (Å²) in [5.74, 6) is -0.757.